The highest BCUT2D eigenvalue weighted by Gasteiger charge is 2.28. The number of halogens is 3. The molecule has 2 N–H and O–H groups in total. The minimum atomic E-state index is -2.86. The number of likely N-dealkylation sites (N-methyl/N-ethyl adjacent to an activating group) is 1. The molecule has 2 aromatic rings. The van der Waals surface area contributed by atoms with Crippen molar-refractivity contribution in [3.8, 4) is 0 Å². The number of carbonyl (C=O) groups is 3. The number of hydrogen-bond acceptors (Lipinski definition) is 6. The molecule has 0 spiro atoms. The van der Waals surface area contributed by atoms with E-state index in [4.69, 9.17) is 16.3 Å². The highest BCUT2D eigenvalue weighted by atomic mass is 35.5. The van der Waals surface area contributed by atoms with Crippen LogP contribution in [0.4, 0.5) is 20.2 Å². The minimum Gasteiger partial charge on any atom is -0.370 e. The zero-order valence-corrected chi connectivity index (χ0v) is 21.8. The average Bonchev–Trinajstić information content (AvgIpc) is 3.25. The van der Waals surface area contributed by atoms with E-state index in [1.54, 1.807) is 24.1 Å². The molecule has 1 aliphatic rings. The molecule has 1 fully saturated rings. The van der Waals surface area contributed by atoms with Gasteiger partial charge in [0.1, 0.15) is 12.6 Å². The van der Waals surface area contributed by atoms with Gasteiger partial charge in [-0.1, -0.05) is 25.4 Å². The van der Waals surface area contributed by atoms with Crippen molar-refractivity contribution in [3.63, 3.8) is 0 Å². The number of carbonyl (C=O) groups excluding carboxylic acids is 3. The maximum atomic E-state index is 13.9. The molecule has 1 aromatic carbocycles. The Morgan fingerprint density at radius 1 is 1.25 bits per heavy atom. The van der Waals surface area contributed by atoms with Crippen LogP contribution in [0.1, 0.15) is 35.5 Å². The van der Waals surface area contributed by atoms with Crippen LogP contribution in [-0.2, 0) is 14.3 Å². The van der Waals surface area contributed by atoms with Crippen LogP contribution in [0.2, 0.25) is 4.34 Å². The van der Waals surface area contributed by atoms with Gasteiger partial charge in [0.15, 0.2) is 0 Å². The topological polar surface area (TPSA) is 91.0 Å². The minimum absolute atomic E-state index is 0.00543. The molecule has 1 aliphatic heterocycles. The van der Waals surface area contributed by atoms with Crippen LogP contribution >= 0.6 is 22.9 Å². The van der Waals surface area contributed by atoms with Gasteiger partial charge in [-0.2, -0.15) is 0 Å². The fraction of sp³-hybridized carbons (Fsp3) is 0.458. The number of hydrogen-bond donors (Lipinski definition) is 2. The molecule has 3 amide bonds. The lowest BCUT2D eigenvalue weighted by Crippen LogP contribution is -2.50. The van der Waals surface area contributed by atoms with Crippen molar-refractivity contribution in [2.75, 3.05) is 50.1 Å². The number of ether oxygens (including phenoxy) is 1. The summed E-state index contributed by atoms with van der Waals surface area (Å²) in [6.45, 7) is 4.82. The molecular formula is C24H29ClF2N4O4S. The zero-order chi connectivity index (χ0) is 26.4. The normalized spacial score (nSPS) is 15.0. The number of amides is 3. The Balaban J connectivity index is 1.77. The second-order valence-electron chi connectivity index (χ2n) is 8.82. The standard InChI is InChI=1S/C24H29ClF2N4O4S/c1-14(2)12-30(3)18(11-28-24(34)19-6-7-20(25)36-19)23(33)29-15-4-5-17(16(10-15)22(26)27)31-8-9-35-13-21(31)32/h4-7,10,14,18,22H,8-9,11-13H2,1-3H3,(H,28,34)(H,29,33)/t18-/m1/s1. The van der Waals surface area contributed by atoms with Gasteiger partial charge in [-0.15, -0.1) is 11.3 Å². The van der Waals surface area contributed by atoms with Crippen molar-refractivity contribution in [3.05, 3.63) is 45.1 Å². The van der Waals surface area contributed by atoms with Crippen LogP contribution in [0.5, 0.6) is 0 Å². The van der Waals surface area contributed by atoms with E-state index in [0.717, 1.165) is 11.3 Å². The number of nitrogens with one attached hydrogen (secondary N) is 2. The van der Waals surface area contributed by atoms with E-state index in [2.05, 4.69) is 10.6 Å². The van der Waals surface area contributed by atoms with E-state index in [9.17, 15) is 23.2 Å². The van der Waals surface area contributed by atoms with Crippen LogP contribution in [0.25, 0.3) is 0 Å². The number of nitrogens with zero attached hydrogens (tertiary/aromatic N) is 2. The molecule has 0 unspecified atom stereocenters. The summed E-state index contributed by atoms with van der Waals surface area (Å²) in [5, 5.41) is 5.44. The Morgan fingerprint density at radius 2 is 2.00 bits per heavy atom. The molecule has 8 nitrogen and oxygen atoms in total. The first-order valence-corrected chi connectivity index (χ1v) is 12.6. The summed E-state index contributed by atoms with van der Waals surface area (Å²) in [5.41, 5.74) is -0.108. The van der Waals surface area contributed by atoms with E-state index in [1.807, 2.05) is 13.8 Å². The maximum Gasteiger partial charge on any atom is 0.265 e. The molecule has 0 radical (unpaired) electrons. The summed E-state index contributed by atoms with van der Waals surface area (Å²) >= 11 is 7.03. The SMILES string of the molecule is CC(C)CN(C)[C@H](CNC(=O)c1ccc(Cl)s1)C(=O)Nc1ccc(N2CCOCC2=O)c(C(F)F)c1. The summed E-state index contributed by atoms with van der Waals surface area (Å²) in [6, 6.07) is 6.50. The molecular weight excluding hydrogens is 514 g/mol. The molecule has 0 bridgehead atoms. The van der Waals surface area contributed by atoms with E-state index < -0.39 is 24.3 Å². The number of benzene rings is 1. The van der Waals surface area contributed by atoms with Crippen LogP contribution in [0, 0.1) is 5.92 Å². The summed E-state index contributed by atoms with van der Waals surface area (Å²) in [7, 11) is 1.76. The first kappa shape index (κ1) is 28.0. The van der Waals surface area contributed by atoms with Crippen molar-refractivity contribution in [2.24, 2.45) is 5.92 Å². The molecule has 0 saturated carbocycles. The van der Waals surface area contributed by atoms with E-state index in [-0.39, 0.29) is 55.1 Å². The third-order valence-electron chi connectivity index (χ3n) is 5.55. The van der Waals surface area contributed by atoms with Gasteiger partial charge in [0.25, 0.3) is 18.2 Å². The Morgan fingerprint density at radius 3 is 2.61 bits per heavy atom. The largest absolute Gasteiger partial charge is 0.370 e. The van der Waals surface area contributed by atoms with Gasteiger partial charge in [-0.3, -0.25) is 19.3 Å². The number of alkyl halides is 2. The molecule has 36 heavy (non-hydrogen) atoms. The second kappa shape index (κ2) is 12.6. The number of morpholine rings is 1. The summed E-state index contributed by atoms with van der Waals surface area (Å²) in [6.07, 6.45) is -2.86. The smallest absolute Gasteiger partial charge is 0.265 e. The lowest BCUT2D eigenvalue weighted by molar-refractivity contribution is -0.125. The zero-order valence-electron chi connectivity index (χ0n) is 20.2. The van der Waals surface area contributed by atoms with Crippen LogP contribution in [0.15, 0.2) is 30.3 Å². The van der Waals surface area contributed by atoms with Crippen molar-refractivity contribution >= 4 is 52.0 Å². The molecule has 1 atom stereocenters. The summed E-state index contributed by atoms with van der Waals surface area (Å²) in [4.78, 5) is 41.3. The fourth-order valence-corrected chi connectivity index (χ4v) is 4.88. The van der Waals surface area contributed by atoms with Crippen molar-refractivity contribution in [2.45, 2.75) is 26.3 Å². The second-order valence-corrected chi connectivity index (χ2v) is 10.5. The van der Waals surface area contributed by atoms with Gasteiger partial charge in [0.05, 0.1) is 21.5 Å². The highest BCUT2D eigenvalue weighted by Crippen LogP contribution is 2.33. The van der Waals surface area contributed by atoms with Gasteiger partial charge in [0.2, 0.25) is 5.91 Å². The van der Waals surface area contributed by atoms with Gasteiger partial charge < -0.3 is 20.3 Å². The van der Waals surface area contributed by atoms with Gasteiger partial charge in [0, 0.05) is 30.9 Å². The van der Waals surface area contributed by atoms with Crippen molar-refractivity contribution in [1.29, 1.82) is 0 Å². The highest BCUT2D eigenvalue weighted by molar-refractivity contribution is 7.18. The van der Waals surface area contributed by atoms with E-state index in [1.165, 1.54) is 23.1 Å². The molecule has 12 heteroatoms. The molecule has 1 saturated heterocycles. The van der Waals surface area contributed by atoms with Gasteiger partial charge >= 0.3 is 0 Å². The van der Waals surface area contributed by atoms with E-state index in [0.29, 0.717) is 15.8 Å². The van der Waals surface area contributed by atoms with Gasteiger partial charge in [-0.25, -0.2) is 8.78 Å². The average molecular weight is 543 g/mol. The first-order chi connectivity index (χ1) is 17.1. The number of anilines is 2. The molecule has 0 aliphatic carbocycles. The Labute approximate surface area is 217 Å². The predicted molar refractivity (Wildman–Crippen MR) is 136 cm³/mol. The Kier molecular flexibility index (Phi) is 9.77. The summed E-state index contributed by atoms with van der Waals surface area (Å²) < 4.78 is 33.3. The van der Waals surface area contributed by atoms with Crippen LogP contribution in [-0.4, -0.2) is 68.6 Å². The molecule has 196 valence electrons. The van der Waals surface area contributed by atoms with Crippen LogP contribution < -0.4 is 15.5 Å². The first-order valence-electron chi connectivity index (χ1n) is 11.4. The monoisotopic (exact) mass is 542 g/mol. The number of rotatable bonds is 10. The molecule has 2 heterocycles. The predicted octanol–water partition coefficient (Wildman–Crippen LogP) is 4.03. The lowest BCUT2D eigenvalue weighted by atomic mass is 10.1. The molecule has 1 aromatic heterocycles. The van der Waals surface area contributed by atoms with E-state index >= 15 is 0 Å². The van der Waals surface area contributed by atoms with Gasteiger partial charge in [-0.05, 0) is 43.3 Å². The maximum absolute atomic E-state index is 13.9. The fourth-order valence-electron chi connectivity index (χ4n) is 3.92. The van der Waals surface area contributed by atoms with Crippen molar-refractivity contribution < 1.29 is 27.9 Å². The number of thiophene rings is 1. The summed E-state index contributed by atoms with van der Waals surface area (Å²) in [5.74, 6) is -0.980. The Bertz CT molecular complexity index is 1100. The third kappa shape index (κ3) is 7.22. The van der Waals surface area contributed by atoms with Crippen LogP contribution in [0.3, 0.4) is 0 Å². The quantitative estimate of drug-likeness (QED) is 0.473. The van der Waals surface area contributed by atoms with Crippen molar-refractivity contribution in [1.82, 2.24) is 10.2 Å². The lowest BCUT2D eigenvalue weighted by Gasteiger charge is -2.30. The molecule has 3 rings (SSSR count). The third-order valence-corrected chi connectivity index (χ3v) is 6.78. The Hall–Kier alpha value is -2.60.